The second-order valence-electron chi connectivity index (χ2n) is 4.59. The number of allylic oxidation sites excluding steroid dienone is 1. The van der Waals surface area contributed by atoms with Crippen LogP contribution in [0.25, 0.3) is 6.08 Å². The van der Waals surface area contributed by atoms with Crippen LogP contribution in [0, 0.1) is 0 Å². The van der Waals surface area contributed by atoms with Crippen LogP contribution >= 0.6 is 0 Å². The van der Waals surface area contributed by atoms with Crippen LogP contribution in [0.1, 0.15) is 18.9 Å². The van der Waals surface area contributed by atoms with Gasteiger partial charge in [-0.25, -0.2) is 0 Å². The molecule has 1 rings (SSSR count). The van der Waals surface area contributed by atoms with Gasteiger partial charge in [0.1, 0.15) is 5.75 Å². The molecule has 0 atom stereocenters. The summed E-state index contributed by atoms with van der Waals surface area (Å²) in [4.78, 5) is 0. The Hall–Kier alpha value is -1.02. The van der Waals surface area contributed by atoms with Gasteiger partial charge in [0.25, 0.3) is 0 Å². The van der Waals surface area contributed by atoms with E-state index in [2.05, 4.69) is 50.8 Å². The van der Waals surface area contributed by atoms with E-state index in [-0.39, 0.29) is 0 Å². The highest BCUT2D eigenvalue weighted by molar-refractivity contribution is 6.70. The highest BCUT2D eigenvalue weighted by Gasteiger charge is 2.15. The van der Waals surface area contributed by atoms with E-state index in [0.717, 1.165) is 12.2 Å². The minimum atomic E-state index is -1.46. The molecule has 1 nitrogen and oxygen atoms in total. The molecule has 0 radical (unpaired) electrons. The molecule has 0 heterocycles. The second-order valence-corrected chi connectivity index (χ2v) is 9.02. The first-order valence-electron chi connectivity index (χ1n) is 5.47. The fourth-order valence-electron chi connectivity index (χ4n) is 1.25. The summed E-state index contributed by atoms with van der Waals surface area (Å²) >= 11 is 0. The summed E-state index contributed by atoms with van der Waals surface area (Å²) in [6.07, 6.45) is 5.37. The zero-order chi connectivity index (χ0) is 11.3. The molecule has 0 aliphatic heterocycles. The number of rotatable bonds is 4. The van der Waals surface area contributed by atoms with Crippen molar-refractivity contribution in [3.63, 3.8) is 0 Å². The van der Waals surface area contributed by atoms with Gasteiger partial charge in [0.2, 0.25) is 8.32 Å². The first kappa shape index (κ1) is 12.0. The monoisotopic (exact) mass is 220 g/mol. The van der Waals surface area contributed by atoms with Crippen LogP contribution < -0.4 is 4.43 Å². The summed E-state index contributed by atoms with van der Waals surface area (Å²) in [7, 11) is -1.46. The lowest BCUT2D eigenvalue weighted by Crippen LogP contribution is -2.29. The molecule has 0 aliphatic carbocycles. The SMILES string of the molecule is CCC=Cc1ccc(O[Si](C)(C)C)cc1. The van der Waals surface area contributed by atoms with Crippen LogP contribution in [0.2, 0.25) is 19.6 Å². The van der Waals surface area contributed by atoms with Gasteiger partial charge in [0.15, 0.2) is 0 Å². The Morgan fingerprint density at radius 2 is 1.73 bits per heavy atom. The van der Waals surface area contributed by atoms with E-state index in [1.54, 1.807) is 0 Å². The molecule has 0 aromatic heterocycles. The molecule has 0 saturated carbocycles. The molecule has 2 heteroatoms. The summed E-state index contributed by atoms with van der Waals surface area (Å²) < 4.78 is 5.88. The molecule has 0 amide bonds. The molecule has 15 heavy (non-hydrogen) atoms. The lowest BCUT2D eigenvalue weighted by Gasteiger charge is -2.18. The van der Waals surface area contributed by atoms with Gasteiger partial charge in [-0.2, -0.15) is 0 Å². The fraction of sp³-hybridized carbons (Fsp3) is 0.385. The molecule has 0 spiro atoms. The molecule has 0 aliphatic rings. The minimum Gasteiger partial charge on any atom is -0.544 e. The van der Waals surface area contributed by atoms with Crippen molar-refractivity contribution < 1.29 is 4.43 Å². The molecular weight excluding hydrogens is 200 g/mol. The highest BCUT2D eigenvalue weighted by Crippen LogP contribution is 2.17. The van der Waals surface area contributed by atoms with Gasteiger partial charge >= 0.3 is 0 Å². The largest absolute Gasteiger partial charge is 0.544 e. The van der Waals surface area contributed by atoms with Gasteiger partial charge in [-0.05, 0) is 43.8 Å². The van der Waals surface area contributed by atoms with Crippen LogP contribution in [0.15, 0.2) is 30.3 Å². The summed E-state index contributed by atoms with van der Waals surface area (Å²) in [5.41, 5.74) is 1.24. The molecule has 0 unspecified atom stereocenters. The van der Waals surface area contributed by atoms with Crippen molar-refractivity contribution in [3.8, 4) is 5.75 Å². The lowest BCUT2D eigenvalue weighted by atomic mass is 10.2. The van der Waals surface area contributed by atoms with E-state index in [1.807, 2.05) is 12.1 Å². The average Bonchev–Trinajstić information content (AvgIpc) is 2.14. The molecule has 0 bridgehead atoms. The van der Waals surface area contributed by atoms with Gasteiger partial charge in [-0.15, -0.1) is 0 Å². The van der Waals surface area contributed by atoms with Crippen molar-refractivity contribution in [1.82, 2.24) is 0 Å². The van der Waals surface area contributed by atoms with Crippen molar-refractivity contribution in [2.24, 2.45) is 0 Å². The van der Waals surface area contributed by atoms with Crippen LogP contribution in [-0.4, -0.2) is 8.32 Å². The van der Waals surface area contributed by atoms with Crippen molar-refractivity contribution in [1.29, 1.82) is 0 Å². The predicted molar refractivity (Wildman–Crippen MR) is 69.7 cm³/mol. The zero-order valence-electron chi connectivity index (χ0n) is 10.1. The maximum atomic E-state index is 5.88. The Labute approximate surface area is 93.9 Å². The van der Waals surface area contributed by atoms with Gasteiger partial charge in [0, 0.05) is 0 Å². The first-order valence-corrected chi connectivity index (χ1v) is 8.88. The van der Waals surface area contributed by atoms with Crippen molar-refractivity contribution in [2.45, 2.75) is 33.0 Å². The standard InChI is InChI=1S/C13H20OSi/c1-5-6-7-12-8-10-13(11-9-12)14-15(2,3)4/h6-11H,5H2,1-4H3. The Bertz CT molecular complexity index is 319. The van der Waals surface area contributed by atoms with E-state index in [0.29, 0.717) is 0 Å². The van der Waals surface area contributed by atoms with E-state index >= 15 is 0 Å². The van der Waals surface area contributed by atoms with Gasteiger partial charge in [-0.3, -0.25) is 0 Å². The summed E-state index contributed by atoms with van der Waals surface area (Å²) in [5, 5.41) is 0. The summed E-state index contributed by atoms with van der Waals surface area (Å²) in [5.74, 6) is 0.989. The third-order valence-electron chi connectivity index (χ3n) is 1.85. The smallest absolute Gasteiger partial charge is 0.242 e. The normalized spacial score (nSPS) is 12.0. The first-order chi connectivity index (χ1) is 7.01. The topological polar surface area (TPSA) is 9.23 Å². The van der Waals surface area contributed by atoms with E-state index in [4.69, 9.17) is 4.43 Å². The molecule has 0 saturated heterocycles. The Morgan fingerprint density at radius 3 is 2.20 bits per heavy atom. The predicted octanol–water partition coefficient (Wildman–Crippen LogP) is 4.32. The Morgan fingerprint density at radius 1 is 1.13 bits per heavy atom. The number of hydrogen-bond donors (Lipinski definition) is 0. The maximum Gasteiger partial charge on any atom is 0.242 e. The molecule has 0 N–H and O–H groups in total. The zero-order valence-corrected chi connectivity index (χ0v) is 11.1. The number of hydrogen-bond acceptors (Lipinski definition) is 1. The van der Waals surface area contributed by atoms with E-state index < -0.39 is 8.32 Å². The van der Waals surface area contributed by atoms with Crippen LogP contribution in [-0.2, 0) is 0 Å². The lowest BCUT2D eigenvalue weighted by molar-refractivity contribution is 0.557. The van der Waals surface area contributed by atoms with E-state index in [9.17, 15) is 0 Å². The molecule has 1 aromatic rings. The fourth-order valence-corrected chi connectivity index (χ4v) is 2.10. The maximum absolute atomic E-state index is 5.88. The quantitative estimate of drug-likeness (QED) is 0.686. The summed E-state index contributed by atoms with van der Waals surface area (Å²) in [6.45, 7) is 8.72. The Kier molecular flexibility index (Phi) is 4.15. The van der Waals surface area contributed by atoms with Crippen molar-refractivity contribution in [3.05, 3.63) is 35.9 Å². The molecule has 82 valence electrons. The van der Waals surface area contributed by atoms with Crippen LogP contribution in [0.3, 0.4) is 0 Å². The third kappa shape index (κ3) is 4.84. The van der Waals surface area contributed by atoms with Crippen LogP contribution in [0.5, 0.6) is 5.75 Å². The van der Waals surface area contributed by atoms with E-state index in [1.165, 1.54) is 5.56 Å². The average molecular weight is 220 g/mol. The molecular formula is C13H20OSi. The second kappa shape index (κ2) is 5.17. The minimum absolute atomic E-state index is 0.989. The highest BCUT2D eigenvalue weighted by atomic mass is 28.4. The van der Waals surface area contributed by atoms with Crippen LogP contribution in [0.4, 0.5) is 0 Å². The van der Waals surface area contributed by atoms with Gasteiger partial charge in [-0.1, -0.05) is 31.2 Å². The Balaban J connectivity index is 2.68. The van der Waals surface area contributed by atoms with Gasteiger partial charge in [0.05, 0.1) is 0 Å². The van der Waals surface area contributed by atoms with Gasteiger partial charge < -0.3 is 4.43 Å². The van der Waals surface area contributed by atoms with Crippen molar-refractivity contribution >= 4 is 14.4 Å². The number of benzene rings is 1. The third-order valence-corrected chi connectivity index (χ3v) is 2.70. The molecule has 0 fully saturated rings. The van der Waals surface area contributed by atoms with Crippen molar-refractivity contribution in [2.75, 3.05) is 0 Å². The summed E-state index contributed by atoms with van der Waals surface area (Å²) in [6, 6.07) is 8.30. The molecule has 1 aromatic carbocycles.